The van der Waals surface area contributed by atoms with Crippen LogP contribution in [0.1, 0.15) is 110 Å². The highest BCUT2D eigenvalue weighted by Crippen LogP contribution is 2.11. The van der Waals surface area contributed by atoms with E-state index in [2.05, 4.69) is 42.5 Å². The number of carboxylic acids is 6. The SMILES string of the molecule is CC(C)C[C@H](N)C(=O)N[C@@H](CCC(=O)O)C(=O)N[C@@H](CCC(=O)O)C(=O)N[C@@H](CCC(=O)O)C(=O)N[C@@H](CCC(N)=O)C(=O)N[C@@H](CCC(=O)O)C(=O)N[C@@H](CO)C(=O)N[C@@H](CCCCN)C(=O)N[C@@H](CO)C(=O)N[C@@H](CC(=O)O)C(=O)O. The van der Waals surface area contributed by atoms with Crippen molar-refractivity contribution in [1.29, 1.82) is 0 Å². The first kappa shape index (κ1) is 74.4. The van der Waals surface area contributed by atoms with Gasteiger partial charge in [-0.05, 0) is 70.3 Å². The van der Waals surface area contributed by atoms with E-state index in [9.17, 15) is 112 Å². The Balaban J connectivity index is 6.90. The minimum absolute atomic E-state index is 0.0785. The van der Waals surface area contributed by atoms with E-state index in [-0.39, 0.29) is 38.1 Å². The highest BCUT2D eigenvalue weighted by molar-refractivity contribution is 5.99. The summed E-state index contributed by atoms with van der Waals surface area (Å²) in [5.41, 5.74) is 16.8. The van der Waals surface area contributed by atoms with Crippen molar-refractivity contribution in [3.8, 4) is 0 Å². The lowest BCUT2D eigenvalue weighted by molar-refractivity contribution is -0.147. The maximum Gasteiger partial charge on any atom is 0.326 e. The van der Waals surface area contributed by atoms with Crippen molar-refractivity contribution >= 4 is 94.9 Å². The fraction of sp³-hybridized carbons (Fsp3) is 0.660. The Morgan fingerprint density at radius 2 is 0.627 bits per heavy atom. The third kappa shape index (κ3) is 31.2. The molecule has 36 nitrogen and oxygen atoms in total. The second-order valence-corrected chi connectivity index (χ2v) is 19.1. The second kappa shape index (κ2) is 38.9. The lowest BCUT2D eigenvalue weighted by Crippen LogP contribution is -2.61. The summed E-state index contributed by atoms with van der Waals surface area (Å²) in [5, 5.41) is 95.1. The van der Waals surface area contributed by atoms with Crippen LogP contribution in [0.15, 0.2) is 0 Å². The van der Waals surface area contributed by atoms with E-state index in [1.807, 2.05) is 5.32 Å². The molecule has 0 saturated carbocycles. The van der Waals surface area contributed by atoms with Crippen LogP contribution in [0, 0.1) is 5.92 Å². The standard InChI is InChI=1S/C47H76N12O24/c1-21(2)17-22(49)38(73)51-25(7-12-33(63)64)41(76)54-27(9-14-35(67)68)43(78)55-26(8-13-34(65)66)42(77)53-24(6-11-32(50)62)40(75)56-28(10-15-36(69)70)44(79)59-30(19-60)45(80)52-23(5-3-4-16-48)39(74)58-31(20-61)46(81)57-29(47(82)83)18-37(71)72/h21-31,60-61H,3-20,48-49H2,1-2H3,(H2,50,62)(H,51,73)(H,52,80)(H,53,77)(H,54,76)(H,55,78)(H,56,75)(H,57,81)(H,58,74)(H,59,79)(H,63,64)(H,65,66)(H,67,68)(H,69,70)(H,71,72)(H,82,83)/t22-,23-,24-,25-,26-,27-,28-,29-,30-,31-/m0/s1. The molecule has 10 amide bonds. The van der Waals surface area contributed by atoms with E-state index >= 15 is 0 Å². The lowest BCUT2D eigenvalue weighted by Gasteiger charge is -2.28. The summed E-state index contributed by atoms with van der Waals surface area (Å²) < 4.78 is 0. The first-order valence-corrected chi connectivity index (χ1v) is 25.8. The highest BCUT2D eigenvalue weighted by atomic mass is 16.4. The molecule has 0 aromatic rings. The van der Waals surface area contributed by atoms with Crippen molar-refractivity contribution in [3.63, 3.8) is 0 Å². The average Bonchev–Trinajstić information content (AvgIpc) is 3.43. The molecular weight excluding hydrogens is 1120 g/mol. The van der Waals surface area contributed by atoms with Crippen molar-refractivity contribution in [2.45, 2.75) is 171 Å². The van der Waals surface area contributed by atoms with Crippen molar-refractivity contribution in [2.75, 3.05) is 19.8 Å². The average molecular weight is 1190 g/mol. The van der Waals surface area contributed by atoms with Gasteiger partial charge in [-0.1, -0.05) is 13.8 Å². The van der Waals surface area contributed by atoms with Gasteiger partial charge in [0.2, 0.25) is 59.1 Å². The molecule has 36 heteroatoms. The topological polar surface area (TPSA) is 621 Å². The molecule has 0 unspecified atom stereocenters. The van der Waals surface area contributed by atoms with E-state index in [1.165, 1.54) is 0 Å². The van der Waals surface area contributed by atoms with Crippen molar-refractivity contribution < 1.29 is 118 Å². The Kier molecular flexibility index (Phi) is 34.9. The highest BCUT2D eigenvalue weighted by Gasteiger charge is 2.36. The van der Waals surface area contributed by atoms with Crippen LogP contribution in [0.4, 0.5) is 0 Å². The predicted molar refractivity (Wildman–Crippen MR) is 278 cm³/mol. The van der Waals surface area contributed by atoms with E-state index in [1.54, 1.807) is 13.8 Å². The number of aliphatic hydroxyl groups is 2. The molecule has 23 N–H and O–H groups in total. The number of carboxylic acid groups (broad SMARTS) is 6. The van der Waals surface area contributed by atoms with Gasteiger partial charge in [0.1, 0.15) is 54.4 Å². The zero-order chi connectivity index (χ0) is 63.7. The Hall–Kier alpha value is -8.64. The molecule has 0 aliphatic carbocycles. The number of aliphatic carboxylic acids is 6. The van der Waals surface area contributed by atoms with Gasteiger partial charge < -0.3 is 106 Å². The molecule has 0 saturated heterocycles. The quantitative estimate of drug-likeness (QED) is 0.0252. The number of nitrogens with one attached hydrogen (secondary N) is 9. The van der Waals surface area contributed by atoms with E-state index in [4.69, 9.17) is 22.3 Å². The number of nitrogens with two attached hydrogens (primary N) is 3. The summed E-state index contributed by atoms with van der Waals surface area (Å²) in [7, 11) is 0. The second-order valence-electron chi connectivity index (χ2n) is 19.1. The lowest BCUT2D eigenvalue weighted by atomic mass is 10.0. The Bertz CT molecular complexity index is 2320. The van der Waals surface area contributed by atoms with Gasteiger partial charge in [0.05, 0.1) is 25.7 Å². The molecular formula is C47H76N12O24. The van der Waals surface area contributed by atoms with Gasteiger partial charge in [0.25, 0.3) is 0 Å². The largest absolute Gasteiger partial charge is 0.481 e. The van der Waals surface area contributed by atoms with Crippen LogP contribution in [0.3, 0.4) is 0 Å². The maximum atomic E-state index is 14.0. The Morgan fingerprint density at radius 3 is 0.880 bits per heavy atom. The summed E-state index contributed by atoms with van der Waals surface area (Å²) in [4.78, 5) is 203. The zero-order valence-electron chi connectivity index (χ0n) is 45.4. The van der Waals surface area contributed by atoms with Gasteiger partial charge in [0.15, 0.2) is 0 Å². The van der Waals surface area contributed by atoms with Crippen molar-refractivity contribution in [3.05, 3.63) is 0 Å². The number of carbonyl (C=O) groups excluding carboxylic acids is 10. The van der Waals surface area contributed by atoms with Crippen LogP contribution in [0.2, 0.25) is 0 Å². The molecule has 0 aliphatic rings. The number of hydrogen-bond donors (Lipinski definition) is 20. The van der Waals surface area contributed by atoms with Gasteiger partial charge in [-0.15, -0.1) is 0 Å². The minimum atomic E-state index is -2.03. The summed E-state index contributed by atoms with van der Waals surface area (Å²) in [6, 6.07) is -18.3. The van der Waals surface area contributed by atoms with Gasteiger partial charge in [-0.2, -0.15) is 0 Å². The van der Waals surface area contributed by atoms with Gasteiger partial charge in [-0.3, -0.25) is 71.9 Å². The summed E-state index contributed by atoms with van der Waals surface area (Å²) in [6.07, 6.45) is -8.45. The minimum Gasteiger partial charge on any atom is -0.481 e. The molecule has 83 heavy (non-hydrogen) atoms. The first-order valence-electron chi connectivity index (χ1n) is 25.8. The molecule has 10 atom stereocenters. The molecule has 468 valence electrons. The predicted octanol–water partition coefficient (Wildman–Crippen LogP) is -7.88. The number of aliphatic hydroxyl groups excluding tert-OH is 2. The van der Waals surface area contributed by atoms with E-state index < -0.39 is 239 Å². The van der Waals surface area contributed by atoms with Crippen LogP contribution in [-0.4, -0.2) is 216 Å². The monoisotopic (exact) mass is 1190 g/mol. The van der Waals surface area contributed by atoms with Crippen LogP contribution in [0.5, 0.6) is 0 Å². The van der Waals surface area contributed by atoms with Crippen LogP contribution >= 0.6 is 0 Å². The molecule has 0 radical (unpaired) electrons. The zero-order valence-corrected chi connectivity index (χ0v) is 45.4. The molecule has 0 aromatic heterocycles. The fourth-order valence-electron chi connectivity index (χ4n) is 7.30. The molecule has 0 spiro atoms. The number of amides is 10. The van der Waals surface area contributed by atoms with E-state index in [0.29, 0.717) is 0 Å². The van der Waals surface area contributed by atoms with Crippen LogP contribution in [-0.2, 0) is 76.7 Å². The van der Waals surface area contributed by atoms with Gasteiger partial charge in [0, 0.05) is 32.1 Å². The normalized spacial score (nSPS) is 14.5. The van der Waals surface area contributed by atoms with Crippen LogP contribution < -0.4 is 65.1 Å². The van der Waals surface area contributed by atoms with Gasteiger partial charge in [-0.25, -0.2) is 4.79 Å². The van der Waals surface area contributed by atoms with Crippen LogP contribution in [0.25, 0.3) is 0 Å². The number of rotatable bonds is 44. The summed E-state index contributed by atoms with van der Waals surface area (Å²) in [6.45, 7) is 1.12. The number of hydrogen-bond acceptors (Lipinski definition) is 20. The molecule has 0 aliphatic heterocycles. The number of carbonyl (C=O) groups is 16. The van der Waals surface area contributed by atoms with Crippen molar-refractivity contribution in [2.24, 2.45) is 23.1 Å². The number of primary amides is 1. The van der Waals surface area contributed by atoms with Gasteiger partial charge >= 0.3 is 35.8 Å². The Labute approximate surface area is 472 Å². The summed E-state index contributed by atoms with van der Waals surface area (Å²) >= 11 is 0. The maximum absolute atomic E-state index is 14.0. The first-order chi connectivity index (χ1) is 38.8. The van der Waals surface area contributed by atoms with Crippen molar-refractivity contribution in [1.82, 2.24) is 47.9 Å². The molecule has 0 bridgehead atoms. The number of unbranched alkanes of at least 4 members (excludes halogenated alkanes) is 1. The smallest absolute Gasteiger partial charge is 0.326 e. The Morgan fingerprint density at radius 1 is 0.361 bits per heavy atom. The molecule has 0 fully saturated rings. The third-order valence-corrected chi connectivity index (χ3v) is 11.7. The third-order valence-electron chi connectivity index (χ3n) is 11.7. The molecule has 0 aromatic carbocycles. The van der Waals surface area contributed by atoms with E-state index in [0.717, 1.165) is 0 Å². The fourth-order valence-corrected chi connectivity index (χ4v) is 7.30. The molecule has 0 heterocycles. The molecule has 0 rings (SSSR count). The summed E-state index contributed by atoms with van der Waals surface area (Å²) in [5.74, 6) is -22.1.